The van der Waals surface area contributed by atoms with Crippen molar-refractivity contribution in [2.75, 3.05) is 12.3 Å². The van der Waals surface area contributed by atoms with Crippen LogP contribution in [-0.2, 0) is 0 Å². The van der Waals surface area contributed by atoms with Crippen molar-refractivity contribution in [3.8, 4) is 22.0 Å². The zero-order chi connectivity index (χ0) is 21.7. The molecule has 1 aliphatic heterocycles. The summed E-state index contributed by atoms with van der Waals surface area (Å²) < 4.78 is 7.78. The number of pyridine rings is 1. The molecule has 9 heteroatoms. The van der Waals surface area contributed by atoms with Crippen LogP contribution in [0.25, 0.3) is 26.5 Å². The van der Waals surface area contributed by atoms with Gasteiger partial charge in [-0.05, 0) is 49.4 Å². The molecule has 2 amide bonds. The maximum atomic E-state index is 12.6. The third kappa shape index (κ3) is 3.06. The number of thiazole rings is 1. The highest BCUT2D eigenvalue weighted by atomic mass is 32.1. The van der Waals surface area contributed by atoms with Gasteiger partial charge >= 0.3 is 0 Å². The lowest BCUT2D eigenvalue weighted by atomic mass is 10.1. The van der Waals surface area contributed by atoms with Crippen LogP contribution in [0.1, 0.15) is 27.6 Å². The number of nitrogens with one attached hydrogen (secondary N) is 1. The lowest BCUT2D eigenvalue weighted by molar-refractivity contribution is 0.0880. The van der Waals surface area contributed by atoms with Crippen LogP contribution in [-0.4, -0.2) is 28.0 Å². The first-order chi connectivity index (χ1) is 15.0. The Balaban J connectivity index is 1.54. The van der Waals surface area contributed by atoms with Gasteiger partial charge in [-0.25, -0.2) is 4.98 Å². The number of carbonyl (C=O) groups excluding carboxylic acids is 2. The van der Waals surface area contributed by atoms with E-state index >= 15 is 0 Å². The molecule has 1 aliphatic rings. The van der Waals surface area contributed by atoms with Gasteiger partial charge in [-0.2, -0.15) is 0 Å². The van der Waals surface area contributed by atoms with E-state index in [1.54, 1.807) is 23.5 Å². The minimum Gasteiger partial charge on any atom is -0.494 e. The van der Waals surface area contributed by atoms with Crippen LogP contribution in [0.15, 0.2) is 53.3 Å². The number of imide groups is 1. The molecular formula is C22H16N4O4S. The molecule has 0 unspecified atom stereocenters. The van der Waals surface area contributed by atoms with E-state index in [9.17, 15) is 14.4 Å². The molecule has 31 heavy (non-hydrogen) atoms. The van der Waals surface area contributed by atoms with Gasteiger partial charge in [0, 0.05) is 11.6 Å². The minimum atomic E-state index is -0.616. The van der Waals surface area contributed by atoms with Crippen LogP contribution >= 0.6 is 11.3 Å². The van der Waals surface area contributed by atoms with Crippen molar-refractivity contribution in [3.05, 3.63) is 70.0 Å². The summed E-state index contributed by atoms with van der Waals surface area (Å²) in [4.78, 5) is 41.1. The van der Waals surface area contributed by atoms with Crippen molar-refractivity contribution in [1.29, 1.82) is 0 Å². The highest BCUT2D eigenvalue weighted by Crippen LogP contribution is 2.33. The monoisotopic (exact) mass is 432 g/mol. The Morgan fingerprint density at radius 3 is 2.58 bits per heavy atom. The molecule has 3 N–H and O–H groups in total. The quantitative estimate of drug-likeness (QED) is 0.479. The van der Waals surface area contributed by atoms with Crippen molar-refractivity contribution < 1.29 is 14.3 Å². The SMILES string of the molecule is CCOc1ccc2nc(-c3ccc(-n4c(N)c5c(cc4=O)C(=O)NC5=O)cc3)sc2c1. The van der Waals surface area contributed by atoms with Crippen molar-refractivity contribution in [2.24, 2.45) is 0 Å². The Morgan fingerprint density at radius 2 is 1.84 bits per heavy atom. The second-order valence-corrected chi connectivity index (χ2v) is 7.93. The summed E-state index contributed by atoms with van der Waals surface area (Å²) in [5.41, 5.74) is 7.86. The molecule has 5 rings (SSSR count). The smallest absolute Gasteiger partial charge is 0.262 e. The van der Waals surface area contributed by atoms with Crippen molar-refractivity contribution in [3.63, 3.8) is 0 Å². The molecule has 0 fully saturated rings. The van der Waals surface area contributed by atoms with Crippen molar-refractivity contribution >= 4 is 39.2 Å². The van der Waals surface area contributed by atoms with Gasteiger partial charge in [0.25, 0.3) is 17.4 Å². The Hall–Kier alpha value is -3.98. The Morgan fingerprint density at radius 1 is 1.06 bits per heavy atom. The number of nitrogen functional groups attached to an aromatic ring is 1. The van der Waals surface area contributed by atoms with Crippen LogP contribution in [0.3, 0.4) is 0 Å². The van der Waals surface area contributed by atoms with Gasteiger partial charge in [0.2, 0.25) is 0 Å². The van der Waals surface area contributed by atoms with Crippen LogP contribution in [0.4, 0.5) is 5.82 Å². The summed E-state index contributed by atoms with van der Waals surface area (Å²) in [5.74, 6) is -0.491. The van der Waals surface area contributed by atoms with Crippen LogP contribution < -0.4 is 21.3 Å². The summed E-state index contributed by atoms with van der Waals surface area (Å²) >= 11 is 1.54. The standard InChI is InChI=1S/C22H16N4O4S/c1-2-30-13-7-8-15-16(9-13)31-22(24-15)11-3-5-12(6-4-11)26-17(27)10-14-18(19(26)23)21(29)25-20(14)28/h3-10H,2,23H2,1H3,(H,25,28,29). The molecule has 0 atom stereocenters. The van der Waals surface area contributed by atoms with Crippen molar-refractivity contribution in [2.45, 2.75) is 6.92 Å². The predicted octanol–water partition coefficient (Wildman–Crippen LogP) is 2.98. The highest BCUT2D eigenvalue weighted by molar-refractivity contribution is 7.21. The van der Waals surface area contributed by atoms with Gasteiger partial charge in [0.15, 0.2) is 0 Å². The van der Waals surface area contributed by atoms with Crippen LogP contribution in [0.5, 0.6) is 5.75 Å². The van der Waals surface area contributed by atoms with E-state index in [1.165, 1.54) is 4.57 Å². The lowest BCUT2D eigenvalue weighted by Crippen LogP contribution is -2.24. The van der Waals surface area contributed by atoms with Gasteiger partial charge in [-0.15, -0.1) is 11.3 Å². The maximum Gasteiger partial charge on any atom is 0.262 e. The zero-order valence-corrected chi connectivity index (χ0v) is 17.2. The third-order valence-electron chi connectivity index (χ3n) is 5.00. The Bertz CT molecular complexity index is 1440. The number of rotatable bonds is 4. The van der Waals surface area contributed by atoms with Crippen LogP contribution in [0.2, 0.25) is 0 Å². The molecule has 0 saturated heterocycles. The van der Waals surface area contributed by atoms with E-state index < -0.39 is 17.4 Å². The molecule has 154 valence electrons. The number of nitrogens with zero attached hydrogens (tertiary/aromatic N) is 2. The minimum absolute atomic E-state index is 0.00117. The summed E-state index contributed by atoms with van der Waals surface area (Å²) in [6.07, 6.45) is 0. The summed E-state index contributed by atoms with van der Waals surface area (Å²) in [6.45, 7) is 2.53. The average molecular weight is 432 g/mol. The Kier molecular flexibility index (Phi) is 4.33. The third-order valence-corrected chi connectivity index (χ3v) is 6.06. The molecule has 2 aromatic heterocycles. The summed E-state index contributed by atoms with van der Waals surface area (Å²) in [5, 5.41) is 2.99. The number of anilines is 1. The molecular weight excluding hydrogens is 416 g/mol. The lowest BCUT2D eigenvalue weighted by Gasteiger charge is -2.12. The first kappa shape index (κ1) is 19.0. The average Bonchev–Trinajstić information content (AvgIpc) is 3.29. The van der Waals surface area contributed by atoms with Crippen molar-refractivity contribution in [1.82, 2.24) is 14.9 Å². The molecule has 3 heterocycles. The number of hydrogen-bond donors (Lipinski definition) is 2. The van der Waals surface area contributed by atoms with E-state index in [1.807, 2.05) is 37.3 Å². The maximum absolute atomic E-state index is 12.6. The van der Waals surface area contributed by atoms with E-state index in [4.69, 9.17) is 10.5 Å². The highest BCUT2D eigenvalue weighted by Gasteiger charge is 2.31. The van der Waals surface area contributed by atoms with E-state index in [0.717, 1.165) is 32.6 Å². The van der Waals surface area contributed by atoms with Gasteiger partial charge < -0.3 is 10.5 Å². The number of hydrogen-bond acceptors (Lipinski definition) is 7. The molecule has 4 aromatic rings. The number of aromatic nitrogens is 2. The predicted molar refractivity (Wildman–Crippen MR) is 118 cm³/mol. The summed E-state index contributed by atoms with van der Waals surface area (Å²) in [7, 11) is 0. The molecule has 2 aromatic carbocycles. The molecule has 0 spiro atoms. The second kappa shape index (κ2) is 7.06. The van der Waals surface area contributed by atoms with Gasteiger partial charge in [0.1, 0.15) is 16.6 Å². The fourth-order valence-corrected chi connectivity index (χ4v) is 4.58. The first-order valence-electron chi connectivity index (χ1n) is 9.51. The Labute approximate surface area is 179 Å². The van der Waals surface area contributed by atoms with E-state index in [2.05, 4.69) is 10.3 Å². The first-order valence-corrected chi connectivity index (χ1v) is 10.3. The molecule has 0 saturated carbocycles. The molecule has 0 radical (unpaired) electrons. The van der Waals surface area contributed by atoms with E-state index in [-0.39, 0.29) is 16.9 Å². The number of benzene rings is 2. The number of fused-ring (bicyclic) bond motifs is 2. The summed E-state index contributed by atoms with van der Waals surface area (Å²) in [6, 6.07) is 14.0. The largest absolute Gasteiger partial charge is 0.494 e. The molecule has 0 aliphatic carbocycles. The second-order valence-electron chi connectivity index (χ2n) is 6.90. The number of amides is 2. The number of carbonyl (C=O) groups is 2. The fourth-order valence-electron chi connectivity index (χ4n) is 3.58. The van der Waals surface area contributed by atoms with E-state index in [0.29, 0.717) is 12.3 Å². The molecule has 8 nitrogen and oxygen atoms in total. The fraction of sp³-hybridized carbons (Fsp3) is 0.0909. The number of ether oxygens (including phenoxy) is 1. The van der Waals surface area contributed by atoms with Crippen LogP contribution in [0, 0.1) is 0 Å². The number of nitrogens with two attached hydrogens (primary N) is 1. The zero-order valence-electron chi connectivity index (χ0n) is 16.3. The topological polar surface area (TPSA) is 116 Å². The van der Waals surface area contributed by atoms with Gasteiger partial charge in [0.05, 0.1) is 33.6 Å². The van der Waals surface area contributed by atoms with Gasteiger partial charge in [-0.1, -0.05) is 0 Å². The normalized spacial score (nSPS) is 12.8. The van der Waals surface area contributed by atoms with Gasteiger partial charge in [-0.3, -0.25) is 24.3 Å². The molecule has 0 bridgehead atoms.